The first-order chi connectivity index (χ1) is 16.8. The van der Waals surface area contributed by atoms with E-state index < -0.39 is 11.9 Å². The van der Waals surface area contributed by atoms with Gasteiger partial charge in [-0.2, -0.15) is 0 Å². The number of carbonyl (C=O) groups is 4. The Kier molecular flexibility index (Phi) is 9.16. The summed E-state index contributed by atoms with van der Waals surface area (Å²) in [6.07, 6.45) is 2.35. The lowest BCUT2D eigenvalue weighted by Crippen LogP contribution is -2.29. The molecule has 0 radical (unpaired) electrons. The van der Waals surface area contributed by atoms with Crippen LogP contribution in [0.5, 0.6) is 0 Å². The molecule has 35 heavy (non-hydrogen) atoms. The fourth-order valence-electron chi connectivity index (χ4n) is 3.20. The molecule has 0 bridgehead atoms. The van der Waals surface area contributed by atoms with Gasteiger partial charge in [0, 0.05) is 18.7 Å². The molecular weight excluding hydrogens is 488 g/mol. The second-order valence-electron chi connectivity index (χ2n) is 7.40. The predicted octanol–water partition coefficient (Wildman–Crippen LogP) is 4.27. The van der Waals surface area contributed by atoms with Crippen LogP contribution in [0.15, 0.2) is 53.4 Å². The number of thioether (sulfide) groups is 1. The van der Waals surface area contributed by atoms with Crippen LogP contribution in [0, 0.1) is 0 Å². The number of nitrogens with zero attached hydrogens (tertiary/aromatic N) is 1. The Hall–Kier alpha value is -3.50. The van der Waals surface area contributed by atoms with Crippen molar-refractivity contribution >= 4 is 63.8 Å². The van der Waals surface area contributed by atoms with Crippen LogP contribution in [0.25, 0.3) is 6.08 Å². The first kappa shape index (κ1) is 26.1. The normalized spacial score (nSPS) is 14.2. The second-order valence-corrected chi connectivity index (χ2v) is 9.07. The molecule has 2 aromatic rings. The molecule has 0 spiro atoms. The van der Waals surface area contributed by atoms with Crippen molar-refractivity contribution in [2.75, 3.05) is 25.6 Å². The molecule has 182 valence electrons. The van der Waals surface area contributed by atoms with E-state index in [4.69, 9.17) is 17.0 Å². The Balaban J connectivity index is 1.50. The molecule has 3 rings (SSSR count). The van der Waals surface area contributed by atoms with Crippen LogP contribution in [0.2, 0.25) is 0 Å². The highest BCUT2D eigenvalue weighted by Gasteiger charge is 2.31. The fourth-order valence-corrected chi connectivity index (χ4v) is 4.51. The zero-order chi connectivity index (χ0) is 25.4. The summed E-state index contributed by atoms with van der Waals surface area (Å²) < 4.78 is 10.0. The number of anilines is 1. The van der Waals surface area contributed by atoms with E-state index in [1.165, 1.54) is 23.8 Å². The summed E-state index contributed by atoms with van der Waals surface area (Å²) in [5.74, 6) is -1.27. The smallest absolute Gasteiger partial charge is 0.338 e. The average Bonchev–Trinajstić information content (AvgIpc) is 3.12. The molecule has 2 aromatic carbocycles. The summed E-state index contributed by atoms with van der Waals surface area (Å²) in [7, 11) is 1.32. The van der Waals surface area contributed by atoms with E-state index in [9.17, 15) is 19.2 Å². The summed E-state index contributed by atoms with van der Waals surface area (Å²) in [5, 5.41) is 2.77. The first-order valence-electron chi connectivity index (χ1n) is 10.8. The van der Waals surface area contributed by atoms with Crippen molar-refractivity contribution in [1.29, 1.82) is 0 Å². The van der Waals surface area contributed by atoms with Gasteiger partial charge in [0.15, 0.2) is 0 Å². The van der Waals surface area contributed by atoms with Crippen LogP contribution in [-0.4, -0.2) is 53.2 Å². The average molecular weight is 513 g/mol. The van der Waals surface area contributed by atoms with Crippen molar-refractivity contribution < 1.29 is 28.7 Å². The van der Waals surface area contributed by atoms with Gasteiger partial charge in [-0.15, -0.1) is 0 Å². The molecule has 10 heteroatoms. The minimum absolute atomic E-state index is 0.199. The number of methoxy groups -OCH3 is 1. The molecule has 8 nitrogen and oxygen atoms in total. The molecule has 0 atom stereocenters. The number of benzene rings is 2. The zero-order valence-corrected chi connectivity index (χ0v) is 20.9. The highest BCUT2D eigenvalue weighted by Crippen LogP contribution is 2.32. The minimum atomic E-state index is -0.430. The molecule has 0 aromatic heterocycles. The van der Waals surface area contributed by atoms with Gasteiger partial charge in [0.2, 0.25) is 5.91 Å². The Morgan fingerprint density at radius 2 is 1.66 bits per heavy atom. The number of carbonyl (C=O) groups excluding carboxylic acids is 4. The summed E-state index contributed by atoms with van der Waals surface area (Å²) in [6.45, 7) is 2.34. The maximum Gasteiger partial charge on any atom is 0.338 e. The van der Waals surface area contributed by atoms with E-state index in [1.54, 1.807) is 61.5 Å². The molecular formula is C25H24N2O6S2. The van der Waals surface area contributed by atoms with Crippen LogP contribution in [0.3, 0.4) is 0 Å². The predicted molar refractivity (Wildman–Crippen MR) is 138 cm³/mol. The van der Waals surface area contributed by atoms with Gasteiger partial charge in [-0.3, -0.25) is 14.5 Å². The van der Waals surface area contributed by atoms with Crippen LogP contribution < -0.4 is 5.32 Å². The third-order valence-electron chi connectivity index (χ3n) is 4.97. The Bertz CT molecular complexity index is 1160. The van der Waals surface area contributed by atoms with Crippen molar-refractivity contribution in [2.24, 2.45) is 0 Å². The van der Waals surface area contributed by atoms with E-state index in [0.717, 1.165) is 5.56 Å². The van der Waals surface area contributed by atoms with E-state index in [-0.39, 0.29) is 18.2 Å². The number of amides is 2. The molecule has 0 saturated carbocycles. The maximum absolute atomic E-state index is 12.8. The number of thiocarbonyl (C=S) groups is 1. The highest BCUT2D eigenvalue weighted by atomic mass is 32.2. The number of esters is 2. The Labute approximate surface area is 212 Å². The standard InChI is InChI=1S/C25H24N2O6S2/c1-3-33-24(31)18-10-12-19(13-11-18)26-21(28)5-4-14-27-22(29)20(35-25(27)34)15-16-6-8-17(9-7-16)23(30)32-2/h6-13,15H,3-5,14H2,1-2H3,(H,26,28)/b20-15-. The van der Waals surface area contributed by atoms with Gasteiger partial charge in [-0.05, 0) is 61.4 Å². The van der Waals surface area contributed by atoms with Crippen molar-refractivity contribution in [1.82, 2.24) is 4.90 Å². The van der Waals surface area contributed by atoms with E-state index in [2.05, 4.69) is 10.1 Å². The third kappa shape index (κ3) is 7.00. The third-order valence-corrected chi connectivity index (χ3v) is 6.35. The number of hydrogen-bond acceptors (Lipinski definition) is 8. The SMILES string of the molecule is CCOC(=O)c1ccc(NC(=O)CCCN2C(=O)/C(=C/c3ccc(C(=O)OC)cc3)SC2=S)cc1. The molecule has 2 amide bonds. The summed E-state index contributed by atoms with van der Waals surface area (Å²) in [5.41, 5.74) is 2.15. The molecule has 1 fully saturated rings. The van der Waals surface area contributed by atoms with Crippen molar-refractivity contribution in [2.45, 2.75) is 19.8 Å². The lowest BCUT2D eigenvalue weighted by Gasteiger charge is -2.14. The quantitative estimate of drug-likeness (QED) is 0.302. The van der Waals surface area contributed by atoms with Crippen molar-refractivity contribution in [3.63, 3.8) is 0 Å². The second kappa shape index (κ2) is 12.3. The highest BCUT2D eigenvalue weighted by molar-refractivity contribution is 8.26. The van der Waals surface area contributed by atoms with Crippen LogP contribution in [0.4, 0.5) is 5.69 Å². The van der Waals surface area contributed by atoms with Gasteiger partial charge in [-0.25, -0.2) is 9.59 Å². The molecule has 1 saturated heterocycles. The topological polar surface area (TPSA) is 102 Å². The summed E-state index contributed by atoms with van der Waals surface area (Å²) in [6, 6.07) is 13.1. The maximum atomic E-state index is 12.8. The lowest BCUT2D eigenvalue weighted by atomic mass is 10.1. The molecule has 0 aliphatic carbocycles. The number of hydrogen-bond donors (Lipinski definition) is 1. The minimum Gasteiger partial charge on any atom is -0.465 e. The molecule has 1 aliphatic heterocycles. The van der Waals surface area contributed by atoms with Gasteiger partial charge in [0.25, 0.3) is 5.91 Å². The molecule has 1 aliphatic rings. The molecule has 1 N–H and O–H groups in total. The largest absolute Gasteiger partial charge is 0.465 e. The monoisotopic (exact) mass is 512 g/mol. The van der Waals surface area contributed by atoms with Crippen LogP contribution in [0.1, 0.15) is 46.0 Å². The van der Waals surface area contributed by atoms with E-state index >= 15 is 0 Å². The number of nitrogens with one attached hydrogen (secondary N) is 1. The van der Waals surface area contributed by atoms with Gasteiger partial charge < -0.3 is 14.8 Å². The van der Waals surface area contributed by atoms with Crippen molar-refractivity contribution in [3.8, 4) is 0 Å². The van der Waals surface area contributed by atoms with Gasteiger partial charge in [0.05, 0.1) is 29.7 Å². The zero-order valence-electron chi connectivity index (χ0n) is 19.2. The lowest BCUT2D eigenvalue weighted by molar-refractivity contribution is -0.122. The molecule has 1 heterocycles. The Morgan fingerprint density at radius 1 is 1.03 bits per heavy atom. The summed E-state index contributed by atoms with van der Waals surface area (Å²) in [4.78, 5) is 50.3. The van der Waals surface area contributed by atoms with Gasteiger partial charge in [-0.1, -0.05) is 36.1 Å². The van der Waals surface area contributed by atoms with Crippen LogP contribution in [-0.2, 0) is 19.1 Å². The number of rotatable bonds is 9. The van der Waals surface area contributed by atoms with E-state index in [1.807, 2.05) is 0 Å². The summed E-state index contributed by atoms with van der Waals surface area (Å²) >= 11 is 6.54. The van der Waals surface area contributed by atoms with Crippen molar-refractivity contribution in [3.05, 3.63) is 70.1 Å². The van der Waals surface area contributed by atoms with Gasteiger partial charge >= 0.3 is 11.9 Å². The fraction of sp³-hybridized carbons (Fsp3) is 0.240. The molecule has 0 unspecified atom stereocenters. The van der Waals surface area contributed by atoms with Gasteiger partial charge in [0.1, 0.15) is 4.32 Å². The van der Waals surface area contributed by atoms with Crippen LogP contribution >= 0.6 is 24.0 Å². The first-order valence-corrected chi connectivity index (χ1v) is 12.1. The van der Waals surface area contributed by atoms with E-state index in [0.29, 0.717) is 45.6 Å². The Morgan fingerprint density at radius 3 is 2.29 bits per heavy atom. The number of ether oxygens (including phenoxy) is 2.